The first kappa shape index (κ1) is 16.3. The van der Waals surface area contributed by atoms with Gasteiger partial charge in [0.25, 0.3) is 0 Å². The van der Waals surface area contributed by atoms with E-state index in [0.29, 0.717) is 0 Å². The molecular weight excluding hydrogens is 354 g/mol. The van der Waals surface area contributed by atoms with Crippen molar-refractivity contribution in [1.82, 2.24) is 0 Å². The summed E-state index contributed by atoms with van der Waals surface area (Å²) in [7, 11) is 0. The molecule has 0 radical (unpaired) electrons. The molecule has 23 heavy (non-hydrogen) atoms. The van der Waals surface area contributed by atoms with Crippen molar-refractivity contribution in [3.05, 3.63) is 58.6 Å². The maximum absolute atomic E-state index is 6.00. The van der Waals surface area contributed by atoms with Crippen molar-refractivity contribution in [1.29, 1.82) is 0 Å². The van der Waals surface area contributed by atoms with Crippen molar-refractivity contribution in [3.8, 4) is 5.75 Å². The van der Waals surface area contributed by atoms with E-state index in [2.05, 4.69) is 46.4 Å². The van der Waals surface area contributed by atoms with Gasteiger partial charge in [-0.15, -0.1) is 0 Å². The van der Waals surface area contributed by atoms with Crippen LogP contribution in [0.5, 0.6) is 5.75 Å². The average molecular weight is 376 g/mol. The fourth-order valence-corrected chi connectivity index (χ4v) is 3.15. The third-order valence-corrected chi connectivity index (χ3v) is 4.68. The topological polar surface area (TPSA) is 30.5 Å². The van der Waals surface area contributed by atoms with Crippen LogP contribution in [0.15, 0.2) is 53.0 Å². The van der Waals surface area contributed by atoms with Crippen LogP contribution in [0.1, 0.15) is 37.8 Å². The van der Waals surface area contributed by atoms with E-state index in [1.165, 1.54) is 5.56 Å². The molecule has 0 aromatic heterocycles. The van der Waals surface area contributed by atoms with Crippen molar-refractivity contribution in [2.45, 2.75) is 38.5 Å². The molecule has 1 aliphatic rings. The third kappa shape index (κ3) is 4.06. The third-order valence-electron chi connectivity index (χ3n) is 3.99. The Hall–Kier alpha value is -1.52. The number of unbranched alkanes of at least 4 members (excludes halogenated alkanes) is 1. The first-order valence-electron chi connectivity index (χ1n) is 8.16. The molecule has 1 heterocycles. The number of fused-ring (bicyclic) bond motifs is 1. The van der Waals surface area contributed by atoms with Gasteiger partial charge in [-0.05, 0) is 40.5 Å². The molecule has 0 fully saturated rings. The molecule has 4 heteroatoms. The average Bonchev–Trinajstić information content (AvgIpc) is 2.57. The summed E-state index contributed by atoms with van der Waals surface area (Å²) in [4.78, 5) is 0. The van der Waals surface area contributed by atoms with Gasteiger partial charge in [0.2, 0.25) is 6.29 Å². The SMILES string of the molecule is CCCCO[C@@H]1C[C@H](Nc2ccccc2Br)c2ccccc2O1. The van der Waals surface area contributed by atoms with E-state index in [4.69, 9.17) is 9.47 Å². The fraction of sp³-hybridized carbons (Fsp3) is 0.368. The zero-order chi connectivity index (χ0) is 16.1. The largest absolute Gasteiger partial charge is 0.464 e. The van der Waals surface area contributed by atoms with Gasteiger partial charge in [0, 0.05) is 22.1 Å². The number of ether oxygens (including phenoxy) is 2. The van der Waals surface area contributed by atoms with Crippen molar-refractivity contribution in [3.63, 3.8) is 0 Å². The summed E-state index contributed by atoms with van der Waals surface area (Å²) in [5, 5.41) is 3.62. The summed E-state index contributed by atoms with van der Waals surface area (Å²) in [6.45, 7) is 2.91. The number of hydrogen-bond acceptors (Lipinski definition) is 3. The van der Waals surface area contributed by atoms with Gasteiger partial charge >= 0.3 is 0 Å². The molecule has 0 bridgehead atoms. The minimum atomic E-state index is -0.198. The van der Waals surface area contributed by atoms with E-state index in [1.54, 1.807) is 0 Å². The van der Waals surface area contributed by atoms with E-state index < -0.39 is 0 Å². The summed E-state index contributed by atoms with van der Waals surface area (Å²) in [6.07, 6.45) is 2.78. The van der Waals surface area contributed by atoms with Gasteiger partial charge in [-0.2, -0.15) is 0 Å². The first-order valence-corrected chi connectivity index (χ1v) is 8.95. The summed E-state index contributed by atoms with van der Waals surface area (Å²) in [5.74, 6) is 0.907. The maximum Gasteiger partial charge on any atom is 0.202 e. The summed E-state index contributed by atoms with van der Waals surface area (Å²) >= 11 is 3.60. The van der Waals surface area contributed by atoms with Gasteiger partial charge in [0.1, 0.15) is 5.75 Å². The summed E-state index contributed by atoms with van der Waals surface area (Å²) in [5.41, 5.74) is 2.26. The Bertz CT molecular complexity index is 647. The Morgan fingerprint density at radius 1 is 1.17 bits per heavy atom. The lowest BCUT2D eigenvalue weighted by Gasteiger charge is -2.33. The van der Waals surface area contributed by atoms with Crippen molar-refractivity contribution < 1.29 is 9.47 Å². The Balaban J connectivity index is 1.78. The molecule has 3 nitrogen and oxygen atoms in total. The molecule has 0 unspecified atom stereocenters. The second kappa shape index (κ2) is 7.84. The number of benzene rings is 2. The smallest absolute Gasteiger partial charge is 0.202 e. The number of rotatable bonds is 6. The molecule has 3 rings (SSSR count). The Labute approximate surface area is 146 Å². The van der Waals surface area contributed by atoms with Gasteiger partial charge in [0.05, 0.1) is 12.6 Å². The number of nitrogens with one attached hydrogen (secondary N) is 1. The monoisotopic (exact) mass is 375 g/mol. The summed E-state index contributed by atoms with van der Waals surface area (Å²) in [6, 6.07) is 16.5. The normalized spacial score (nSPS) is 19.7. The molecule has 0 amide bonds. The number of hydrogen-bond donors (Lipinski definition) is 1. The van der Waals surface area contributed by atoms with Crippen LogP contribution in [0, 0.1) is 0 Å². The molecule has 1 aliphatic heterocycles. The zero-order valence-electron chi connectivity index (χ0n) is 13.3. The molecule has 0 spiro atoms. The van der Waals surface area contributed by atoms with Crippen LogP contribution in [0.25, 0.3) is 0 Å². The first-order chi connectivity index (χ1) is 11.3. The molecule has 122 valence electrons. The van der Waals surface area contributed by atoms with Crippen molar-refractivity contribution in [2.75, 3.05) is 11.9 Å². The number of para-hydroxylation sites is 2. The van der Waals surface area contributed by atoms with Gasteiger partial charge in [-0.25, -0.2) is 0 Å². The molecule has 2 atom stereocenters. The fourth-order valence-electron chi connectivity index (χ4n) is 2.75. The maximum atomic E-state index is 6.00. The molecule has 0 saturated carbocycles. The van der Waals surface area contributed by atoms with Crippen molar-refractivity contribution >= 4 is 21.6 Å². The van der Waals surface area contributed by atoms with Crippen LogP contribution < -0.4 is 10.1 Å². The lowest BCUT2D eigenvalue weighted by Crippen LogP contribution is -2.31. The minimum absolute atomic E-state index is 0.172. The predicted octanol–water partition coefficient (Wildman–Crippen LogP) is 5.53. The van der Waals surface area contributed by atoms with Crippen LogP contribution in [-0.4, -0.2) is 12.9 Å². The molecular formula is C19H22BrNO2. The van der Waals surface area contributed by atoms with E-state index in [9.17, 15) is 0 Å². The lowest BCUT2D eigenvalue weighted by atomic mass is 9.99. The molecule has 1 N–H and O–H groups in total. The van der Waals surface area contributed by atoms with Crippen LogP contribution in [0.4, 0.5) is 5.69 Å². The van der Waals surface area contributed by atoms with E-state index >= 15 is 0 Å². The quantitative estimate of drug-likeness (QED) is 0.673. The highest BCUT2D eigenvalue weighted by Gasteiger charge is 2.28. The van der Waals surface area contributed by atoms with Crippen molar-refractivity contribution in [2.24, 2.45) is 0 Å². The Morgan fingerprint density at radius 3 is 2.78 bits per heavy atom. The van der Waals surface area contributed by atoms with Crippen LogP contribution in [0.2, 0.25) is 0 Å². The highest BCUT2D eigenvalue weighted by Crippen LogP contribution is 2.38. The van der Waals surface area contributed by atoms with Gasteiger partial charge in [-0.3, -0.25) is 0 Å². The van der Waals surface area contributed by atoms with Gasteiger partial charge in [0.15, 0.2) is 0 Å². The Kier molecular flexibility index (Phi) is 5.57. The molecule has 0 saturated heterocycles. The molecule has 2 aromatic carbocycles. The second-order valence-corrected chi connectivity index (χ2v) is 6.58. The van der Waals surface area contributed by atoms with Crippen LogP contribution >= 0.6 is 15.9 Å². The number of halogens is 1. The van der Waals surface area contributed by atoms with Gasteiger partial charge in [-0.1, -0.05) is 43.7 Å². The van der Waals surface area contributed by atoms with Gasteiger partial charge < -0.3 is 14.8 Å². The minimum Gasteiger partial charge on any atom is -0.464 e. The highest BCUT2D eigenvalue weighted by atomic mass is 79.9. The lowest BCUT2D eigenvalue weighted by molar-refractivity contribution is -0.0952. The summed E-state index contributed by atoms with van der Waals surface area (Å²) < 4.78 is 13.0. The Morgan fingerprint density at radius 2 is 1.96 bits per heavy atom. The zero-order valence-corrected chi connectivity index (χ0v) is 14.9. The van der Waals surface area contributed by atoms with E-state index in [-0.39, 0.29) is 12.3 Å². The highest BCUT2D eigenvalue weighted by molar-refractivity contribution is 9.10. The standard InChI is InChI=1S/C19H22BrNO2/c1-2-3-12-22-19-13-17(14-8-4-7-11-18(14)23-19)21-16-10-6-5-9-15(16)20/h4-11,17,19,21H,2-3,12-13H2,1H3/t17-,19-/m0/s1. The van der Waals surface area contributed by atoms with E-state index in [1.807, 2.05) is 30.3 Å². The molecule has 0 aliphatic carbocycles. The van der Waals surface area contributed by atoms with Crippen LogP contribution in [-0.2, 0) is 4.74 Å². The molecule has 2 aromatic rings. The van der Waals surface area contributed by atoms with Crippen LogP contribution in [0.3, 0.4) is 0 Å². The number of anilines is 1. The predicted molar refractivity (Wildman–Crippen MR) is 96.8 cm³/mol. The van der Waals surface area contributed by atoms with E-state index in [0.717, 1.165) is 41.8 Å². The second-order valence-electron chi connectivity index (χ2n) is 5.72.